The largest absolute Gasteiger partial charge is 0.378 e. The molecule has 0 aliphatic carbocycles. The summed E-state index contributed by atoms with van der Waals surface area (Å²) in [5, 5.41) is 2.78. The van der Waals surface area contributed by atoms with Gasteiger partial charge >= 0.3 is 0 Å². The fourth-order valence-electron chi connectivity index (χ4n) is 2.16. The van der Waals surface area contributed by atoms with Crippen molar-refractivity contribution in [3.8, 4) is 0 Å². The quantitative estimate of drug-likeness (QED) is 0.892. The number of carbonyl (C=O) groups excluding carboxylic acids is 1. The molecule has 0 radical (unpaired) electrons. The first-order valence-corrected chi connectivity index (χ1v) is 7.16. The number of nitrogens with one attached hydrogen (secondary N) is 1. The van der Waals surface area contributed by atoms with Crippen LogP contribution in [0, 0.1) is 0 Å². The van der Waals surface area contributed by atoms with Gasteiger partial charge in [0.05, 0.1) is 37.8 Å². The molecule has 3 heterocycles. The number of hydrogen-bond donors (Lipinski definition) is 1. The summed E-state index contributed by atoms with van der Waals surface area (Å²) in [6.45, 7) is 3.33. The van der Waals surface area contributed by atoms with Crippen molar-refractivity contribution in [2.45, 2.75) is 6.54 Å². The lowest BCUT2D eigenvalue weighted by Crippen LogP contribution is -2.37. The van der Waals surface area contributed by atoms with Crippen molar-refractivity contribution >= 4 is 11.7 Å². The van der Waals surface area contributed by atoms with E-state index in [9.17, 15) is 4.79 Å². The topological polar surface area (TPSA) is 80.2 Å². The number of amides is 1. The Morgan fingerprint density at radius 1 is 1.18 bits per heavy atom. The second kappa shape index (κ2) is 6.95. The van der Waals surface area contributed by atoms with Gasteiger partial charge in [0, 0.05) is 19.3 Å². The van der Waals surface area contributed by atoms with Crippen LogP contribution < -0.4 is 10.2 Å². The average molecular weight is 299 g/mol. The van der Waals surface area contributed by atoms with Gasteiger partial charge in [-0.3, -0.25) is 9.78 Å². The summed E-state index contributed by atoms with van der Waals surface area (Å²) < 4.78 is 5.30. The molecule has 7 heteroatoms. The van der Waals surface area contributed by atoms with Gasteiger partial charge in [0.25, 0.3) is 5.91 Å². The Balaban J connectivity index is 1.58. The predicted molar refractivity (Wildman–Crippen MR) is 80.5 cm³/mol. The highest BCUT2D eigenvalue weighted by Gasteiger charge is 2.14. The Morgan fingerprint density at radius 2 is 2.05 bits per heavy atom. The molecule has 1 fully saturated rings. The Hall–Kier alpha value is -2.54. The van der Waals surface area contributed by atoms with Crippen LogP contribution in [0.1, 0.15) is 16.2 Å². The molecule has 2 aromatic heterocycles. The average Bonchev–Trinajstić information content (AvgIpc) is 2.61. The standard InChI is InChI=1S/C15H17N5O2/c21-15(19-9-12-3-1-2-4-16-12)13-10-18-14(11-17-13)20-5-7-22-8-6-20/h1-4,10-11H,5-9H2,(H,19,21). The van der Waals surface area contributed by atoms with E-state index in [1.807, 2.05) is 18.2 Å². The SMILES string of the molecule is O=C(NCc1ccccn1)c1cnc(N2CCOCC2)cn1. The molecule has 0 unspecified atom stereocenters. The molecule has 0 saturated carbocycles. The van der Waals surface area contributed by atoms with Gasteiger partial charge in [-0.2, -0.15) is 0 Å². The number of anilines is 1. The Morgan fingerprint density at radius 3 is 2.73 bits per heavy atom. The predicted octanol–water partition coefficient (Wildman–Crippen LogP) is 0.638. The smallest absolute Gasteiger partial charge is 0.271 e. The van der Waals surface area contributed by atoms with E-state index in [1.54, 1.807) is 12.4 Å². The molecule has 1 aliphatic heterocycles. The van der Waals surface area contributed by atoms with Crippen LogP contribution in [0.5, 0.6) is 0 Å². The summed E-state index contributed by atoms with van der Waals surface area (Å²) in [6.07, 6.45) is 4.82. The molecule has 0 spiro atoms. The molecule has 3 rings (SSSR count). The van der Waals surface area contributed by atoms with E-state index in [0.29, 0.717) is 25.5 Å². The maximum absolute atomic E-state index is 12.0. The lowest BCUT2D eigenvalue weighted by molar-refractivity contribution is 0.0945. The maximum Gasteiger partial charge on any atom is 0.271 e. The van der Waals surface area contributed by atoms with E-state index < -0.39 is 0 Å². The van der Waals surface area contributed by atoms with Crippen molar-refractivity contribution < 1.29 is 9.53 Å². The highest BCUT2D eigenvalue weighted by atomic mass is 16.5. The van der Waals surface area contributed by atoms with E-state index in [4.69, 9.17) is 4.74 Å². The molecule has 7 nitrogen and oxygen atoms in total. The molecule has 114 valence electrons. The van der Waals surface area contributed by atoms with Gasteiger partial charge in [-0.15, -0.1) is 0 Å². The van der Waals surface area contributed by atoms with Crippen LogP contribution in [-0.4, -0.2) is 47.2 Å². The highest BCUT2D eigenvalue weighted by molar-refractivity contribution is 5.91. The molecule has 0 atom stereocenters. The van der Waals surface area contributed by atoms with Crippen LogP contribution in [-0.2, 0) is 11.3 Å². The molecule has 0 bridgehead atoms. The lowest BCUT2D eigenvalue weighted by Gasteiger charge is -2.27. The van der Waals surface area contributed by atoms with Crippen molar-refractivity contribution in [2.75, 3.05) is 31.2 Å². The third-order valence-electron chi connectivity index (χ3n) is 3.36. The summed E-state index contributed by atoms with van der Waals surface area (Å²) in [4.78, 5) is 26.8. The van der Waals surface area contributed by atoms with Gasteiger partial charge in [0.15, 0.2) is 0 Å². The fraction of sp³-hybridized carbons (Fsp3) is 0.333. The summed E-state index contributed by atoms with van der Waals surface area (Å²) in [5.41, 5.74) is 1.10. The lowest BCUT2D eigenvalue weighted by atomic mass is 10.3. The minimum absolute atomic E-state index is 0.258. The van der Waals surface area contributed by atoms with Crippen molar-refractivity contribution in [1.82, 2.24) is 20.3 Å². The summed E-state index contributed by atoms with van der Waals surface area (Å²) in [6, 6.07) is 5.57. The molecule has 0 aromatic carbocycles. The van der Waals surface area contributed by atoms with E-state index in [-0.39, 0.29) is 5.91 Å². The van der Waals surface area contributed by atoms with Crippen LogP contribution in [0.2, 0.25) is 0 Å². The maximum atomic E-state index is 12.0. The van der Waals surface area contributed by atoms with Crippen molar-refractivity contribution in [3.05, 3.63) is 48.2 Å². The molecule has 1 N–H and O–H groups in total. The Labute approximate surface area is 128 Å². The van der Waals surface area contributed by atoms with Crippen LogP contribution in [0.25, 0.3) is 0 Å². The van der Waals surface area contributed by atoms with Gasteiger partial charge in [0.2, 0.25) is 0 Å². The van der Waals surface area contributed by atoms with Crippen LogP contribution in [0.3, 0.4) is 0 Å². The molecule has 22 heavy (non-hydrogen) atoms. The highest BCUT2D eigenvalue weighted by Crippen LogP contribution is 2.10. The fourth-order valence-corrected chi connectivity index (χ4v) is 2.16. The first-order valence-electron chi connectivity index (χ1n) is 7.16. The van der Waals surface area contributed by atoms with Gasteiger partial charge in [-0.1, -0.05) is 6.07 Å². The zero-order valence-electron chi connectivity index (χ0n) is 12.1. The number of ether oxygens (including phenoxy) is 1. The molecular weight excluding hydrogens is 282 g/mol. The molecular formula is C15H17N5O2. The third kappa shape index (κ3) is 3.56. The van der Waals surface area contributed by atoms with Crippen LogP contribution in [0.4, 0.5) is 5.82 Å². The molecule has 1 aliphatic rings. The minimum Gasteiger partial charge on any atom is -0.378 e. The number of hydrogen-bond acceptors (Lipinski definition) is 6. The molecule has 1 saturated heterocycles. The first-order chi connectivity index (χ1) is 10.8. The normalized spacial score (nSPS) is 14.6. The first kappa shape index (κ1) is 14.4. The molecule has 1 amide bonds. The van der Waals surface area contributed by atoms with E-state index in [2.05, 4.69) is 25.2 Å². The van der Waals surface area contributed by atoms with Crippen molar-refractivity contribution in [3.63, 3.8) is 0 Å². The number of morpholine rings is 1. The van der Waals surface area contributed by atoms with Gasteiger partial charge in [-0.05, 0) is 12.1 Å². The zero-order valence-corrected chi connectivity index (χ0v) is 12.1. The number of rotatable bonds is 4. The zero-order chi connectivity index (χ0) is 15.2. The monoisotopic (exact) mass is 299 g/mol. The summed E-state index contributed by atoms with van der Waals surface area (Å²) in [5.74, 6) is 0.510. The van der Waals surface area contributed by atoms with Gasteiger partial charge < -0.3 is 15.0 Å². The van der Waals surface area contributed by atoms with Gasteiger partial charge in [0.1, 0.15) is 11.5 Å². The Bertz CT molecular complexity index is 612. The summed E-state index contributed by atoms with van der Waals surface area (Å²) in [7, 11) is 0. The van der Waals surface area contributed by atoms with Crippen molar-refractivity contribution in [2.24, 2.45) is 0 Å². The second-order valence-corrected chi connectivity index (χ2v) is 4.86. The van der Waals surface area contributed by atoms with Crippen LogP contribution >= 0.6 is 0 Å². The third-order valence-corrected chi connectivity index (χ3v) is 3.36. The number of carbonyl (C=O) groups is 1. The molecule has 2 aromatic rings. The van der Waals surface area contributed by atoms with Gasteiger partial charge in [-0.25, -0.2) is 9.97 Å². The number of nitrogens with zero attached hydrogens (tertiary/aromatic N) is 4. The van der Waals surface area contributed by atoms with E-state index in [1.165, 1.54) is 6.20 Å². The summed E-state index contributed by atoms with van der Waals surface area (Å²) >= 11 is 0. The van der Waals surface area contributed by atoms with E-state index >= 15 is 0 Å². The van der Waals surface area contributed by atoms with Crippen LogP contribution in [0.15, 0.2) is 36.8 Å². The Kier molecular flexibility index (Phi) is 4.55. The number of pyridine rings is 1. The second-order valence-electron chi connectivity index (χ2n) is 4.86. The minimum atomic E-state index is -0.258. The number of aromatic nitrogens is 3. The van der Waals surface area contributed by atoms with E-state index in [0.717, 1.165) is 24.6 Å². The van der Waals surface area contributed by atoms with Crippen molar-refractivity contribution in [1.29, 1.82) is 0 Å².